The lowest BCUT2D eigenvalue weighted by Gasteiger charge is -2.30. The van der Waals surface area contributed by atoms with Gasteiger partial charge in [-0.3, -0.25) is 9.59 Å². The van der Waals surface area contributed by atoms with Crippen molar-refractivity contribution in [1.82, 2.24) is 4.90 Å². The molecular weight excluding hydrogens is 354 g/mol. The molecule has 28 heavy (non-hydrogen) atoms. The zero-order valence-electron chi connectivity index (χ0n) is 18.2. The Balaban J connectivity index is 2.03. The van der Waals surface area contributed by atoms with E-state index in [2.05, 4.69) is 18.0 Å². The van der Waals surface area contributed by atoms with E-state index in [0.29, 0.717) is 23.3 Å². The lowest BCUT2D eigenvalue weighted by atomic mass is 9.76. The number of carbonyl (C=O) groups excluding carboxylic acids is 2. The number of nitrogens with zero attached hydrogens (tertiary/aromatic N) is 1. The van der Waals surface area contributed by atoms with E-state index in [4.69, 9.17) is 9.47 Å². The zero-order valence-corrected chi connectivity index (χ0v) is 18.2. The molecule has 1 aliphatic carbocycles. The van der Waals surface area contributed by atoms with Crippen LogP contribution in [0, 0.1) is 16.7 Å². The van der Waals surface area contributed by atoms with Crippen LogP contribution in [0.4, 0.5) is 0 Å². The van der Waals surface area contributed by atoms with Gasteiger partial charge in [-0.15, -0.1) is 0 Å². The average molecular weight is 388 g/mol. The molecule has 0 N–H and O–H groups in total. The molecule has 0 amide bonds. The topological polar surface area (TPSA) is 55.8 Å². The zero-order chi connectivity index (χ0) is 20.9. The second kappa shape index (κ2) is 7.18. The lowest BCUT2D eigenvalue weighted by molar-refractivity contribution is -0.145. The molecule has 1 aromatic carbocycles. The van der Waals surface area contributed by atoms with Gasteiger partial charge in [0.2, 0.25) is 0 Å². The fourth-order valence-electron chi connectivity index (χ4n) is 3.98. The summed E-state index contributed by atoms with van der Waals surface area (Å²) in [7, 11) is 2.15. The van der Waals surface area contributed by atoms with Gasteiger partial charge in [-0.25, -0.2) is 0 Å². The molecule has 0 aromatic heterocycles. The number of benzene rings is 1. The summed E-state index contributed by atoms with van der Waals surface area (Å²) in [5.41, 5.74) is 0.973. The number of hydrogen-bond donors (Lipinski definition) is 0. The highest BCUT2D eigenvalue weighted by atomic mass is 16.6. The predicted molar refractivity (Wildman–Crippen MR) is 109 cm³/mol. The van der Waals surface area contributed by atoms with Gasteiger partial charge in [0.1, 0.15) is 0 Å². The Kier molecular flexibility index (Phi) is 5.34. The van der Waals surface area contributed by atoms with Gasteiger partial charge in [-0.2, -0.15) is 0 Å². The first-order chi connectivity index (χ1) is 12.9. The Morgan fingerprint density at radius 3 is 2.18 bits per heavy atom. The van der Waals surface area contributed by atoms with Crippen molar-refractivity contribution >= 4 is 11.9 Å². The van der Waals surface area contributed by atoms with Gasteiger partial charge < -0.3 is 14.4 Å². The quantitative estimate of drug-likeness (QED) is 0.563. The predicted octanol–water partition coefficient (Wildman–Crippen LogP) is 4.18. The minimum Gasteiger partial charge on any atom is -0.422 e. The molecule has 3 rings (SSSR count). The Labute approximate surface area is 168 Å². The average Bonchev–Trinajstić information content (AvgIpc) is 2.95. The van der Waals surface area contributed by atoms with Crippen molar-refractivity contribution in [2.75, 3.05) is 20.1 Å². The summed E-state index contributed by atoms with van der Waals surface area (Å²) >= 11 is 0. The van der Waals surface area contributed by atoms with Crippen LogP contribution in [-0.2, 0) is 16.0 Å². The van der Waals surface area contributed by atoms with Gasteiger partial charge >= 0.3 is 11.9 Å². The third-order valence-corrected chi connectivity index (χ3v) is 5.67. The van der Waals surface area contributed by atoms with Crippen LogP contribution in [-0.4, -0.2) is 37.0 Å². The Morgan fingerprint density at radius 2 is 1.57 bits per heavy atom. The van der Waals surface area contributed by atoms with Crippen molar-refractivity contribution in [1.29, 1.82) is 0 Å². The van der Waals surface area contributed by atoms with Gasteiger partial charge in [-0.05, 0) is 79.0 Å². The van der Waals surface area contributed by atoms with Crippen LogP contribution in [0.3, 0.4) is 0 Å². The molecule has 1 saturated heterocycles. The number of carbonyl (C=O) groups is 2. The first-order valence-electron chi connectivity index (χ1n) is 10.2. The fraction of sp³-hybridized carbons (Fsp3) is 0.652. The molecule has 0 spiro atoms. The largest absolute Gasteiger partial charge is 0.422 e. The summed E-state index contributed by atoms with van der Waals surface area (Å²) in [6.07, 6.45) is 1.89. The summed E-state index contributed by atoms with van der Waals surface area (Å²) in [6.45, 7) is 13.0. The van der Waals surface area contributed by atoms with Crippen LogP contribution in [0.25, 0.3) is 0 Å². The molecule has 2 aliphatic rings. The lowest BCUT2D eigenvalue weighted by Crippen LogP contribution is -2.29. The van der Waals surface area contributed by atoms with E-state index < -0.39 is 10.8 Å². The number of esters is 2. The second-order valence-electron chi connectivity index (χ2n) is 10.4. The molecule has 0 saturated carbocycles. The molecule has 1 heterocycles. The van der Waals surface area contributed by atoms with Crippen molar-refractivity contribution in [3.05, 3.63) is 23.3 Å². The highest BCUT2D eigenvalue weighted by Gasteiger charge is 2.39. The third-order valence-electron chi connectivity index (χ3n) is 5.67. The maximum absolute atomic E-state index is 12.7. The maximum atomic E-state index is 12.7. The monoisotopic (exact) mass is 387 g/mol. The highest BCUT2D eigenvalue weighted by Crippen LogP contribution is 2.47. The Hall–Kier alpha value is -1.88. The summed E-state index contributed by atoms with van der Waals surface area (Å²) < 4.78 is 11.6. The molecule has 1 aliphatic heterocycles. The second-order valence-corrected chi connectivity index (χ2v) is 10.4. The number of ether oxygens (including phenoxy) is 2. The van der Waals surface area contributed by atoms with Crippen LogP contribution in [0.15, 0.2) is 12.1 Å². The maximum Gasteiger partial charge on any atom is 0.316 e. The number of rotatable bonds is 2. The molecule has 1 aromatic rings. The first kappa shape index (κ1) is 20.8. The number of likely N-dealkylation sites (N-methyl/N-ethyl adjacent to an activating group) is 1. The van der Waals surface area contributed by atoms with Crippen LogP contribution < -0.4 is 9.47 Å². The van der Waals surface area contributed by atoms with Crippen molar-refractivity contribution in [3.63, 3.8) is 0 Å². The SMILES string of the molecule is CN1CC2CCc3c(ccc(OC(=O)C(C)(C)C)c3OC(=O)C(C)(C)C)C2C1. The van der Waals surface area contributed by atoms with Gasteiger partial charge in [0, 0.05) is 24.6 Å². The van der Waals surface area contributed by atoms with Crippen LogP contribution in [0.1, 0.15) is 65.0 Å². The minimum atomic E-state index is -0.640. The number of hydrogen-bond acceptors (Lipinski definition) is 5. The number of fused-ring (bicyclic) bond motifs is 3. The van der Waals surface area contributed by atoms with E-state index >= 15 is 0 Å². The third kappa shape index (κ3) is 4.09. The summed E-state index contributed by atoms with van der Waals surface area (Å²) in [4.78, 5) is 27.5. The Bertz CT molecular complexity index is 785. The van der Waals surface area contributed by atoms with Crippen molar-refractivity contribution in [2.24, 2.45) is 16.7 Å². The van der Waals surface area contributed by atoms with Crippen molar-refractivity contribution < 1.29 is 19.1 Å². The molecule has 2 atom stereocenters. The summed E-state index contributed by atoms with van der Waals surface area (Å²) in [6, 6.07) is 3.86. The first-order valence-corrected chi connectivity index (χ1v) is 10.2. The summed E-state index contributed by atoms with van der Waals surface area (Å²) in [5.74, 6) is 1.19. The fourth-order valence-corrected chi connectivity index (χ4v) is 3.98. The van der Waals surface area contributed by atoms with Crippen LogP contribution in [0.5, 0.6) is 11.5 Å². The molecular formula is C23H33NO4. The van der Waals surface area contributed by atoms with E-state index in [-0.39, 0.29) is 11.9 Å². The van der Waals surface area contributed by atoms with Crippen molar-refractivity contribution in [3.8, 4) is 11.5 Å². The molecule has 5 heteroatoms. The minimum absolute atomic E-state index is 0.320. The molecule has 0 radical (unpaired) electrons. The smallest absolute Gasteiger partial charge is 0.316 e. The van der Waals surface area contributed by atoms with Crippen molar-refractivity contribution in [2.45, 2.75) is 60.3 Å². The summed E-state index contributed by atoms with van der Waals surface area (Å²) in [5, 5.41) is 0. The molecule has 1 fully saturated rings. The van der Waals surface area contributed by atoms with Gasteiger partial charge in [0.15, 0.2) is 11.5 Å². The molecule has 2 unspecified atom stereocenters. The van der Waals surface area contributed by atoms with Gasteiger partial charge in [0.05, 0.1) is 10.8 Å². The van der Waals surface area contributed by atoms with Crippen LogP contribution >= 0.6 is 0 Å². The van der Waals surface area contributed by atoms with E-state index in [1.54, 1.807) is 6.07 Å². The molecule has 154 valence electrons. The van der Waals surface area contributed by atoms with E-state index in [1.807, 2.05) is 41.5 Å². The molecule has 0 bridgehead atoms. The number of likely N-dealkylation sites (tertiary alicyclic amines) is 1. The van der Waals surface area contributed by atoms with E-state index in [9.17, 15) is 9.59 Å². The van der Waals surface area contributed by atoms with E-state index in [0.717, 1.165) is 31.5 Å². The highest BCUT2D eigenvalue weighted by molar-refractivity contribution is 5.82. The van der Waals surface area contributed by atoms with Gasteiger partial charge in [-0.1, -0.05) is 6.07 Å². The molecule has 5 nitrogen and oxygen atoms in total. The normalized spacial score (nSPS) is 22.4. The Morgan fingerprint density at radius 1 is 0.964 bits per heavy atom. The van der Waals surface area contributed by atoms with Gasteiger partial charge in [0.25, 0.3) is 0 Å². The standard InChI is InChI=1S/C23H33NO4/c1-22(2,3)20(25)27-18-11-10-15-16(19(18)28-21(26)23(4,5)6)9-8-14-12-24(7)13-17(14)15/h10-11,14,17H,8-9,12-13H2,1-7H3. The van der Waals surface area contributed by atoms with E-state index in [1.165, 1.54) is 5.56 Å². The van der Waals surface area contributed by atoms with Crippen LogP contribution in [0.2, 0.25) is 0 Å².